The van der Waals surface area contributed by atoms with Crippen molar-refractivity contribution in [1.82, 2.24) is 10.7 Å². The maximum absolute atomic E-state index is 13.0. The predicted octanol–water partition coefficient (Wildman–Crippen LogP) is 2.26. The molecule has 1 amide bonds. The van der Waals surface area contributed by atoms with E-state index in [0.29, 0.717) is 0 Å². The number of ether oxygens (including phenoxy) is 1. The van der Waals surface area contributed by atoms with Crippen LogP contribution in [0.15, 0.2) is 39.4 Å². The minimum absolute atomic E-state index is 0.120. The molecule has 0 saturated heterocycles. The number of amidine groups is 1. The van der Waals surface area contributed by atoms with Crippen LogP contribution in [0.25, 0.3) is 0 Å². The third-order valence-electron chi connectivity index (χ3n) is 3.31. The minimum atomic E-state index is -4.58. The Labute approximate surface area is 152 Å². The first-order chi connectivity index (χ1) is 12.7. The van der Waals surface area contributed by atoms with E-state index in [1.54, 1.807) is 6.92 Å². The van der Waals surface area contributed by atoms with Gasteiger partial charge >= 0.3 is 6.18 Å². The highest BCUT2D eigenvalue weighted by atomic mass is 19.4. The lowest BCUT2D eigenvalue weighted by Crippen LogP contribution is -2.32. The third kappa shape index (κ3) is 6.13. The van der Waals surface area contributed by atoms with Gasteiger partial charge < -0.3 is 4.74 Å². The Morgan fingerprint density at radius 3 is 2.59 bits per heavy atom. The number of benzene rings is 1. The van der Waals surface area contributed by atoms with E-state index in [2.05, 4.69) is 25.8 Å². The molecule has 0 aliphatic carbocycles. The Morgan fingerprint density at radius 2 is 2.04 bits per heavy atom. The predicted molar refractivity (Wildman–Crippen MR) is 91.3 cm³/mol. The zero-order chi connectivity index (χ0) is 20.0. The average molecular weight is 387 g/mol. The lowest BCUT2D eigenvalue weighted by Gasteiger charge is -2.10. The van der Waals surface area contributed by atoms with Crippen molar-refractivity contribution in [3.8, 4) is 0 Å². The molecule has 0 spiro atoms. The Hall–Kier alpha value is -2.82. The number of amides is 1. The molecule has 0 fully saturated rings. The lowest BCUT2D eigenvalue weighted by molar-refractivity contribution is -0.0596. The molecule has 2 N–H and O–H groups in total. The number of hydrazone groups is 1. The molecule has 1 atom stereocenters. The van der Waals surface area contributed by atoms with Crippen LogP contribution in [0.3, 0.4) is 0 Å². The van der Waals surface area contributed by atoms with E-state index in [9.17, 15) is 22.4 Å². The highest BCUT2D eigenvalue weighted by molar-refractivity contribution is 6.14. The smallest absolute Gasteiger partial charge is 0.382 e. The fraction of sp³-hybridized carbons (Fsp3) is 0.375. The summed E-state index contributed by atoms with van der Waals surface area (Å²) in [6, 6.07) is 4.30. The fourth-order valence-corrected chi connectivity index (χ4v) is 2.08. The average Bonchev–Trinajstić information content (AvgIpc) is 3.04. The molecule has 0 radical (unpaired) electrons. The molecular weight excluding hydrogens is 370 g/mol. The van der Waals surface area contributed by atoms with E-state index in [1.807, 2.05) is 0 Å². The number of aliphatic imine (C=N–C) groups is 2. The van der Waals surface area contributed by atoms with Crippen LogP contribution in [0.1, 0.15) is 23.7 Å². The van der Waals surface area contributed by atoms with Gasteiger partial charge in [-0.2, -0.15) is 23.3 Å². The van der Waals surface area contributed by atoms with Gasteiger partial charge in [0.1, 0.15) is 17.4 Å². The lowest BCUT2D eigenvalue weighted by atomic mass is 10.2. The van der Waals surface area contributed by atoms with Crippen molar-refractivity contribution in [2.45, 2.75) is 25.6 Å². The zero-order valence-electron chi connectivity index (χ0n) is 14.5. The molecule has 1 aromatic rings. The van der Waals surface area contributed by atoms with E-state index in [0.717, 1.165) is 12.1 Å². The molecule has 11 heteroatoms. The normalized spacial score (nSPS) is 17.5. The van der Waals surface area contributed by atoms with Crippen LogP contribution in [-0.2, 0) is 4.74 Å². The molecule has 0 aromatic heterocycles. The first-order valence-corrected chi connectivity index (χ1v) is 7.80. The van der Waals surface area contributed by atoms with Gasteiger partial charge in [-0.05, 0) is 31.2 Å². The zero-order valence-corrected chi connectivity index (χ0v) is 14.5. The summed E-state index contributed by atoms with van der Waals surface area (Å²) < 4.78 is 55.9. The van der Waals surface area contributed by atoms with Crippen molar-refractivity contribution in [2.24, 2.45) is 15.1 Å². The summed E-state index contributed by atoms with van der Waals surface area (Å²) in [5.41, 5.74) is 1.28. The van der Waals surface area contributed by atoms with Crippen molar-refractivity contribution < 1.29 is 27.1 Å². The van der Waals surface area contributed by atoms with Crippen molar-refractivity contribution in [1.29, 1.82) is 0 Å². The number of carbonyl (C=O) groups excluding carboxylic acids is 1. The summed E-state index contributed by atoms with van der Waals surface area (Å²) in [6.45, 7) is 1.88. The molecule has 146 valence electrons. The minimum Gasteiger partial charge on any atom is -0.382 e. The second-order valence-electron chi connectivity index (χ2n) is 5.62. The quantitative estimate of drug-likeness (QED) is 0.472. The topological polar surface area (TPSA) is 87.4 Å². The second kappa shape index (κ2) is 8.71. The Kier molecular flexibility index (Phi) is 6.61. The number of nitrogens with zero attached hydrogens (tertiary/aromatic N) is 3. The van der Waals surface area contributed by atoms with E-state index >= 15 is 0 Å². The fourth-order valence-electron chi connectivity index (χ4n) is 2.08. The van der Waals surface area contributed by atoms with Crippen LogP contribution in [0, 0.1) is 5.82 Å². The van der Waals surface area contributed by atoms with E-state index in [-0.39, 0.29) is 24.0 Å². The summed E-state index contributed by atoms with van der Waals surface area (Å²) in [4.78, 5) is 20.3. The molecule has 1 aromatic carbocycles. The van der Waals surface area contributed by atoms with Crippen molar-refractivity contribution in [2.75, 3.05) is 13.7 Å². The Morgan fingerprint density at radius 1 is 1.37 bits per heavy atom. The molecule has 1 heterocycles. The van der Waals surface area contributed by atoms with Crippen LogP contribution in [0.2, 0.25) is 0 Å². The number of guanidine groups is 1. The van der Waals surface area contributed by atoms with Gasteiger partial charge in [0.15, 0.2) is 0 Å². The van der Waals surface area contributed by atoms with E-state index < -0.39 is 36.1 Å². The second-order valence-corrected chi connectivity index (χ2v) is 5.62. The molecular formula is C16H17F4N5O2. The van der Waals surface area contributed by atoms with E-state index in [1.165, 1.54) is 19.2 Å². The molecule has 0 saturated carbocycles. The van der Waals surface area contributed by atoms with Gasteiger partial charge in [-0.15, -0.1) is 0 Å². The molecule has 2 rings (SSSR count). The monoisotopic (exact) mass is 387 g/mol. The van der Waals surface area contributed by atoms with Crippen LogP contribution in [0.5, 0.6) is 0 Å². The van der Waals surface area contributed by atoms with Crippen molar-refractivity contribution in [3.63, 3.8) is 0 Å². The summed E-state index contributed by atoms with van der Waals surface area (Å²) in [6.07, 6.45) is -5.16. The number of halogens is 4. The van der Waals surface area contributed by atoms with Crippen LogP contribution >= 0.6 is 0 Å². The van der Waals surface area contributed by atoms with Gasteiger partial charge in [0.25, 0.3) is 5.91 Å². The number of hydrogen-bond acceptors (Lipinski definition) is 4. The summed E-state index contributed by atoms with van der Waals surface area (Å²) in [5.74, 6) is -1.49. The van der Waals surface area contributed by atoms with Gasteiger partial charge in [0, 0.05) is 12.7 Å². The summed E-state index contributed by atoms with van der Waals surface area (Å²) in [7, 11) is 1.46. The number of rotatable bonds is 4. The third-order valence-corrected chi connectivity index (χ3v) is 3.31. The molecule has 0 unspecified atom stereocenters. The molecule has 27 heavy (non-hydrogen) atoms. The summed E-state index contributed by atoms with van der Waals surface area (Å²) in [5, 5.41) is 5.58. The number of methoxy groups -OCH3 is 1. The Balaban J connectivity index is 2.18. The first-order valence-electron chi connectivity index (χ1n) is 7.80. The standard InChI is InChI=1S/C16H17F4N5O2/c1-9(8-27-2)21-15(22-13-7-12(24-25-13)16(18,19)20)23-14(26)10-3-5-11(17)6-4-10/h3-6,9H,7-8H2,1-2H3,(H2,21,22,23,25,26)/t9-/m0/s1. The largest absolute Gasteiger partial charge is 0.431 e. The van der Waals surface area contributed by atoms with Gasteiger partial charge in [0.05, 0.1) is 19.1 Å². The number of hydrogen-bond donors (Lipinski definition) is 2. The van der Waals surface area contributed by atoms with Crippen LogP contribution in [-0.4, -0.2) is 49.3 Å². The molecule has 1 aliphatic rings. The van der Waals surface area contributed by atoms with Crippen LogP contribution < -0.4 is 10.7 Å². The van der Waals surface area contributed by atoms with Gasteiger partial charge in [-0.1, -0.05) is 0 Å². The van der Waals surface area contributed by atoms with E-state index in [4.69, 9.17) is 4.74 Å². The molecule has 0 bridgehead atoms. The maximum atomic E-state index is 13.0. The maximum Gasteiger partial charge on any atom is 0.431 e. The van der Waals surface area contributed by atoms with Crippen LogP contribution in [0.4, 0.5) is 17.6 Å². The summed E-state index contributed by atoms with van der Waals surface area (Å²) >= 11 is 0. The highest BCUT2D eigenvalue weighted by Crippen LogP contribution is 2.21. The number of alkyl halides is 3. The molecule has 1 aliphatic heterocycles. The van der Waals surface area contributed by atoms with Gasteiger partial charge in [-0.25, -0.2) is 9.38 Å². The highest BCUT2D eigenvalue weighted by Gasteiger charge is 2.39. The van der Waals surface area contributed by atoms with Crippen molar-refractivity contribution >= 4 is 23.4 Å². The Bertz CT molecular complexity index is 772. The number of carbonyl (C=O) groups is 1. The SMILES string of the molecule is COC[C@H](C)N=C(N=C1CC(C(F)(F)F)=NN1)NC(=O)c1ccc(F)cc1. The van der Waals surface area contributed by atoms with Gasteiger partial charge in [-0.3, -0.25) is 15.5 Å². The first kappa shape index (κ1) is 20.5. The molecule has 7 nitrogen and oxygen atoms in total. The number of nitrogens with one attached hydrogen (secondary N) is 2. The van der Waals surface area contributed by atoms with Crippen molar-refractivity contribution in [3.05, 3.63) is 35.6 Å². The van der Waals surface area contributed by atoms with Gasteiger partial charge in [0.2, 0.25) is 5.96 Å².